The van der Waals surface area contributed by atoms with Gasteiger partial charge in [0.25, 0.3) is 0 Å². The average Bonchev–Trinajstić information content (AvgIpc) is 2.40. The van der Waals surface area contributed by atoms with E-state index in [1.807, 2.05) is 24.3 Å². The molecular weight excluding hydrogens is 334 g/mol. The number of nitrogens with one attached hydrogen (secondary N) is 1. The van der Waals surface area contributed by atoms with E-state index < -0.39 is 6.10 Å². The molecule has 0 fully saturated rings. The third kappa shape index (κ3) is 7.27. The maximum atomic E-state index is 10.0. The van der Waals surface area contributed by atoms with Gasteiger partial charge in [0.1, 0.15) is 18.5 Å². The van der Waals surface area contributed by atoms with Crippen molar-refractivity contribution in [2.75, 3.05) is 19.8 Å². The molecular formula is C16H26BrNO3. The van der Waals surface area contributed by atoms with E-state index in [0.29, 0.717) is 13.0 Å². The van der Waals surface area contributed by atoms with Gasteiger partial charge in [0, 0.05) is 23.7 Å². The molecule has 4 nitrogen and oxygen atoms in total. The van der Waals surface area contributed by atoms with Gasteiger partial charge in [-0.05, 0) is 30.0 Å². The van der Waals surface area contributed by atoms with Crippen LogP contribution in [0.2, 0.25) is 0 Å². The summed E-state index contributed by atoms with van der Waals surface area (Å²) < 4.78 is 6.50. The highest BCUT2D eigenvalue weighted by atomic mass is 79.9. The van der Waals surface area contributed by atoms with Gasteiger partial charge in [0.15, 0.2) is 0 Å². The minimum Gasteiger partial charge on any atom is -0.491 e. The molecule has 0 bridgehead atoms. The Morgan fingerprint density at radius 3 is 2.62 bits per heavy atom. The van der Waals surface area contributed by atoms with Crippen LogP contribution in [0.5, 0.6) is 5.75 Å². The highest BCUT2D eigenvalue weighted by molar-refractivity contribution is 9.10. The number of benzene rings is 1. The summed E-state index contributed by atoms with van der Waals surface area (Å²) in [5.74, 6) is 0.728. The molecule has 0 saturated heterocycles. The molecule has 0 aliphatic carbocycles. The number of hydrogen-bond donors (Lipinski definition) is 3. The smallest absolute Gasteiger partial charge is 0.120 e. The van der Waals surface area contributed by atoms with Crippen molar-refractivity contribution in [1.82, 2.24) is 5.32 Å². The predicted octanol–water partition coefficient (Wildman–Crippen LogP) is 2.58. The standard InChI is InChI=1S/C16H26BrNO3/c1-16(2,3)15(7-8-19)18-10-13(20)11-21-14-6-4-5-12(17)9-14/h4-6,9,13,15,18-20H,7-8,10-11H2,1-3H3. The van der Waals surface area contributed by atoms with Gasteiger partial charge in [0.05, 0.1) is 0 Å². The first-order valence-electron chi connectivity index (χ1n) is 7.23. The number of aliphatic hydroxyl groups is 2. The van der Waals surface area contributed by atoms with Crippen molar-refractivity contribution >= 4 is 15.9 Å². The molecule has 2 unspecified atom stereocenters. The average molecular weight is 360 g/mol. The fourth-order valence-corrected chi connectivity index (χ4v) is 2.44. The monoisotopic (exact) mass is 359 g/mol. The van der Waals surface area contributed by atoms with Gasteiger partial charge in [0.2, 0.25) is 0 Å². The van der Waals surface area contributed by atoms with Crippen LogP contribution in [-0.2, 0) is 0 Å². The third-order valence-electron chi connectivity index (χ3n) is 3.30. The molecule has 0 saturated carbocycles. The fraction of sp³-hybridized carbons (Fsp3) is 0.625. The number of halogens is 1. The van der Waals surface area contributed by atoms with Crippen LogP contribution in [0.3, 0.4) is 0 Å². The van der Waals surface area contributed by atoms with Gasteiger partial charge in [-0.3, -0.25) is 0 Å². The Kier molecular flexibility index (Phi) is 7.66. The largest absolute Gasteiger partial charge is 0.491 e. The highest BCUT2D eigenvalue weighted by Gasteiger charge is 2.24. The summed E-state index contributed by atoms with van der Waals surface area (Å²) in [5.41, 5.74) is 0.0353. The van der Waals surface area contributed by atoms with Crippen molar-refractivity contribution in [1.29, 1.82) is 0 Å². The number of aliphatic hydroxyl groups excluding tert-OH is 2. The molecule has 2 atom stereocenters. The zero-order valence-corrected chi connectivity index (χ0v) is 14.6. The SMILES string of the molecule is CC(C)(C)C(CCO)NCC(O)COc1cccc(Br)c1. The molecule has 120 valence electrons. The molecule has 0 radical (unpaired) electrons. The van der Waals surface area contributed by atoms with E-state index in [9.17, 15) is 5.11 Å². The molecule has 3 N–H and O–H groups in total. The van der Waals surface area contributed by atoms with Crippen molar-refractivity contribution in [3.63, 3.8) is 0 Å². The van der Waals surface area contributed by atoms with Crippen molar-refractivity contribution in [2.24, 2.45) is 5.41 Å². The molecule has 0 heterocycles. The van der Waals surface area contributed by atoms with Gasteiger partial charge in [-0.2, -0.15) is 0 Å². The molecule has 1 aromatic carbocycles. The lowest BCUT2D eigenvalue weighted by Gasteiger charge is -2.32. The summed E-state index contributed by atoms with van der Waals surface area (Å²) in [6.07, 6.45) is 0.0791. The van der Waals surface area contributed by atoms with E-state index in [0.717, 1.165) is 10.2 Å². The second-order valence-corrected chi connectivity index (χ2v) is 7.18. The van der Waals surface area contributed by atoms with Crippen molar-refractivity contribution in [2.45, 2.75) is 39.3 Å². The first kappa shape index (κ1) is 18.4. The Morgan fingerprint density at radius 1 is 1.33 bits per heavy atom. The maximum Gasteiger partial charge on any atom is 0.120 e. The first-order valence-corrected chi connectivity index (χ1v) is 8.03. The van der Waals surface area contributed by atoms with E-state index in [1.54, 1.807) is 0 Å². The number of hydrogen-bond acceptors (Lipinski definition) is 4. The first-order chi connectivity index (χ1) is 9.82. The van der Waals surface area contributed by atoms with E-state index in [-0.39, 0.29) is 24.7 Å². The Hall–Kier alpha value is -0.620. The van der Waals surface area contributed by atoms with Gasteiger partial charge < -0.3 is 20.3 Å². The summed E-state index contributed by atoms with van der Waals surface area (Å²) in [7, 11) is 0. The third-order valence-corrected chi connectivity index (χ3v) is 3.79. The zero-order valence-electron chi connectivity index (χ0n) is 13.0. The Labute approximate surface area is 135 Å². The van der Waals surface area contributed by atoms with Crippen LogP contribution >= 0.6 is 15.9 Å². The Balaban J connectivity index is 2.37. The number of rotatable bonds is 8. The van der Waals surface area contributed by atoms with Gasteiger partial charge in [-0.25, -0.2) is 0 Å². The molecule has 0 aliphatic rings. The zero-order chi connectivity index (χ0) is 15.9. The summed E-state index contributed by atoms with van der Waals surface area (Å²) in [4.78, 5) is 0. The Morgan fingerprint density at radius 2 is 2.05 bits per heavy atom. The summed E-state index contributed by atoms with van der Waals surface area (Å²) in [6, 6.07) is 7.69. The van der Waals surface area contributed by atoms with Gasteiger partial charge in [-0.1, -0.05) is 42.8 Å². The van der Waals surface area contributed by atoms with Crippen LogP contribution in [0.15, 0.2) is 28.7 Å². The van der Waals surface area contributed by atoms with Crippen LogP contribution in [0, 0.1) is 5.41 Å². The highest BCUT2D eigenvalue weighted by Crippen LogP contribution is 2.21. The lowest BCUT2D eigenvalue weighted by atomic mass is 9.85. The summed E-state index contributed by atoms with van der Waals surface area (Å²) in [5, 5.41) is 22.4. The molecule has 21 heavy (non-hydrogen) atoms. The number of ether oxygens (including phenoxy) is 1. The predicted molar refractivity (Wildman–Crippen MR) is 88.6 cm³/mol. The van der Waals surface area contributed by atoms with Crippen LogP contribution in [0.25, 0.3) is 0 Å². The molecule has 0 amide bonds. The van der Waals surface area contributed by atoms with E-state index >= 15 is 0 Å². The van der Waals surface area contributed by atoms with Crippen LogP contribution < -0.4 is 10.1 Å². The molecule has 0 aliphatic heterocycles. The van der Waals surface area contributed by atoms with Crippen molar-refractivity contribution < 1.29 is 14.9 Å². The second kappa shape index (κ2) is 8.73. The molecule has 1 rings (SSSR count). The summed E-state index contributed by atoms with van der Waals surface area (Å²) >= 11 is 3.38. The van der Waals surface area contributed by atoms with Crippen molar-refractivity contribution in [3.8, 4) is 5.75 Å². The van der Waals surface area contributed by atoms with E-state index in [4.69, 9.17) is 9.84 Å². The molecule has 0 aromatic heterocycles. The lowest BCUT2D eigenvalue weighted by molar-refractivity contribution is 0.0936. The summed E-state index contributed by atoms with van der Waals surface area (Å²) in [6.45, 7) is 7.16. The molecule has 5 heteroatoms. The van der Waals surface area contributed by atoms with E-state index in [1.165, 1.54) is 0 Å². The molecule has 0 spiro atoms. The van der Waals surface area contributed by atoms with Crippen LogP contribution in [0.4, 0.5) is 0 Å². The minimum atomic E-state index is -0.590. The van der Waals surface area contributed by atoms with Gasteiger partial charge in [-0.15, -0.1) is 0 Å². The normalized spacial score (nSPS) is 14.8. The molecule has 1 aromatic rings. The van der Waals surface area contributed by atoms with Crippen LogP contribution in [-0.4, -0.2) is 42.1 Å². The fourth-order valence-electron chi connectivity index (χ4n) is 2.06. The minimum absolute atomic E-state index is 0.0353. The van der Waals surface area contributed by atoms with Gasteiger partial charge >= 0.3 is 0 Å². The van der Waals surface area contributed by atoms with Crippen LogP contribution in [0.1, 0.15) is 27.2 Å². The second-order valence-electron chi connectivity index (χ2n) is 6.26. The topological polar surface area (TPSA) is 61.7 Å². The van der Waals surface area contributed by atoms with E-state index in [2.05, 4.69) is 42.0 Å². The maximum absolute atomic E-state index is 10.0. The quantitative estimate of drug-likeness (QED) is 0.667. The van der Waals surface area contributed by atoms with Crippen molar-refractivity contribution in [3.05, 3.63) is 28.7 Å². The Bertz CT molecular complexity index is 420. The lowest BCUT2D eigenvalue weighted by Crippen LogP contribution is -2.45.